The predicted molar refractivity (Wildman–Crippen MR) is 51.3 cm³/mol. The smallest absolute Gasteiger partial charge is 0.176 e. The predicted octanol–water partition coefficient (Wildman–Crippen LogP) is 2.83. The van der Waals surface area contributed by atoms with Gasteiger partial charge in [0.05, 0.1) is 11.6 Å². The van der Waals surface area contributed by atoms with Crippen molar-refractivity contribution in [2.45, 2.75) is 12.8 Å². The molecule has 0 unspecified atom stereocenters. The molecule has 13 heavy (non-hydrogen) atoms. The van der Waals surface area contributed by atoms with E-state index in [2.05, 4.69) is 0 Å². The molecular weight excluding hydrogens is 188 g/mol. The molecule has 0 radical (unpaired) electrons. The zero-order chi connectivity index (χ0) is 9.26. The lowest BCUT2D eigenvalue weighted by Gasteiger charge is -2.07. The summed E-state index contributed by atoms with van der Waals surface area (Å²) in [5.74, 6) is 1.21. The first kappa shape index (κ1) is 8.70. The molecule has 1 aliphatic rings. The Morgan fingerprint density at radius 2 is 2.23 bits per heavy atom. The summed E-state index contributed by atoms with van der Waals surface area (Å²) in [5.41, 5.74) is 0. The largest absolute Gasteiger partial charge is 0.503 e. The highest BCUT2D eigenvalue weighted by Crippen LogP contribution is 2.35. The number of rotatable bonds is 3. The summed E-state index contributed by atoms with van der Waals surface area (Å²) >= 11 is 5.71. The Morgan fingerprint density at radius 3 is 2.92 bits per heavy atom. The van der Waals surface area contributed by atoms with Gasteiger partial charge in [0.25, 0.3) is 0 Å². The second kappa shape index (κ2) is 3.46. The van der Waals surface area contributed by atoms with Crippen LogP contribution in [0.4, 0.5) is 0 Å². The molecule has 1 aromatic rings. The van der Waals surface area contributed by atoms with Gasteiger partial charge in [0.2, 0.25) is 0 Å². The second-order valence-electron chi connectivity index (χ2n) is 3.34. The van der Waals surface area contributed by atoms with Gasteiger partial charge in [0.15, 0.2) is 11.5 Å². The highest BCUT2D eigenvalue weighted by Gasteiger charge is 2.22. The zero-order valence-corrected chi connectivity index (χ0v) is 7.92. The van der Waals surface area contributed by atoms with Crippen molar-refractivity contribution in [1.29, 1.82) is 0 Å². The van der Waals surface area contributed by atoms with Crippen LogP contribution in [-0.2, 0) is 0 Å². The average Bonchev–Trinajstić information content (AvgIpc) is 2.91. The SMILES string of the molecule is Oc1c(Cl)cccc1OCC1CC1. The van der Waals surface area contributed by atoms with E-state index in [0.29, 0.717) is 23.3 Å². The zero-order valence-electron chi connectivity index (χ0n) is 7.16. The van der Waals surface area contributed by atoms with E-state index < -0.39 is 0 Å². The molecule has 1 aliphatic carbocycles. The summed E-state index contributed by atoms with van der Waals surface area (Å²) in [4.78, 5) is 0. The molecule has 0 aromatic heterocycles. The van der Waals surface area contributed by atoms with Crippen LogP contribution in [0.15, 0.2) is 18.2 Å². The fourth-order valence-electron chi connectivity index (χ4n) is 1.10. The van der Waals surface area contributed by atoms with Crippen molar-refractivity contribution >= 4 is 11.6 Å². The lowest BCUT2D eigenvalue weighted by molar-refractivity contribution is 0.284. The summed E-state index contributed by atoms with van der Waals surface area (Å²) in [5, 5.41) is 9.81. The number of hydrogen-bond donors (Lipinski definition) is 1. The van der Waals surface area contributed by atoms with Crippen LogP contribution in [0, 0.1) is 5.92 Å². The number of benzene rings is 1. The van der Waals surface area contributed by atoms with E-state index in [1.54, 1.807) is 18.2 Å². The fourth-order valence-corrected chi connectivity index (χ4v) is 1.27. The normalized spacial score (nSPS) is 15.8. The number of aromatic hydroxyl groups is 1. The molecule has 0 saturated heterocycles. The first-order valence-electron chi connectivity index (χ1n) is 4.37. The monoisotopic (exact) mass is 198 g/mol. The van der Waals surface area contributed by atoms with E-state index >= 15 is 0 Å². The molecule has 1 aromatic carbocycles. The number of phenols is 1. The molecule has 0 atom stereocenters. The molecular formula is C10H11ClO2. The van der Waals surface area contributed by atoms with Gasteiger partial charge in [-0.1, -0.05) is 17.7 Å². The number of para-hydroxylation sites is 1. The number of phenolic OH excluding ortho intramolecular Hbond substituents is 1. The van der Waals surface area contributed by atoms with Gasteiger partial charge in [-0.2, -0.15) is 0 Å². The van der Waals surface area contributed by atoms with Crippen molar-refractivity contribution in [1.82, 2.24) is 0 Å². The molecule has 1 fully saturated rings. The van der Waals surface area contributed by atoms with E-state index in [9.17, 15) is 5.11 Å². The minimum atomic E-state index is 0.0461. The third-order valence-electron chi connectivity index (χ3n) is 2.12. The Bertz CT molecular complexity index is 308. The molecule has 70 valence electrons. The molecule has 0 bridgehead atoms. The number of halogens is 1. The topological polar surface area (TPSA) is 29.5 Å². The molecule has 0 heterocycles. The van der Waals surface area contributed by atoms with Crippen molar-refractivity contribution in [3.63, 3.8) is 0 Å². The summed E-state index contributed by atoms with van der Waals surface area (Å²) in [7, 11) is 0. The van der Waals surface area contributed by atoms with Crippen LogP contribution in [0.2, 0.25) is 5.02 Å². The first-order valence-corrected chi connectivity index (χ1v) is 4.75. The van der Waals surface area contributed by atoms with Crippen molar-refractivity contribution in [3.8, 4) is 11.5 Å². The van der Waals surface area contributed by atoms with Gasteiger partial charge in [0.1, 0.15) is 0 Å². The summed E-state index contributed by atoms with van der Waals surface area (Å²) < 4.78 is 5.41. The fraction of sp³-hybridized carbons (Fsp3) is 0.400. The lowest BCUT2D eigenvalue weighted by Crippen LogP contribution is -1.98. The highest BCUT2D eigenvalue weighted by molar-refractivity contribution is 6.32. The molecule has 2 nitrogen and oxygen atoms in total. The Labute approximate surface area is 82.1 Å². The van der Waals surface area contributed by atoms with Crippen molar-refractivity contribution in [2.75, 3.05) is 6.61 Å². The minimum absolute atomic E-state index is 0.0461. The Morgan fingerprint density at radius 1 is 1.46 bits per heavy atom. The lowest BCUT2D eigenvalue weighted by atomic mass is 10.3. The van der Waals surface area contributed by atoms with Gasteiger partial charge in [-0.3, -0.25) is 0 Å². The van der Waals surface area contributed by atoms with E-state index in [1.807, 2.05) is 0 Å². The van der Waals surface area contributed by atoms with Crippen molar-refractivity contribution in [3.05, 3.63) is 23.2 Å². The van der Waals surface area contributed by atoms with Gasteiger partial charge in [0, 0.05) is 0 Å². The van der Waals surface area contributed by atoms with Gasteiger partial charge in [-0.25, -0.2) is 0 Å². The molecule has 3 heteroatoms. The maximum atomic E-state index is 9.47. The molecule has 1 saturated carbocycles. The van der Waals surface area contributed by atoms with E-state index in [-0.39, 0.29) is 5.75 Å². The number of ether oxygens (including phenoxy) is 1. The molecule has 0 spiro atoms. The summed E-state index contributed by atoms with van der Waals surface area (Å²) in [6, 6.07) is 5.13. The van der Waals surface area contributed by atoms with Crippen LogP contribution < -0.4 is 4.74 Å². The van der Waals surface area contributed by atoms with Crippen LogP contribution in [0.3, 0.4) is 0 Å². The Balaban J connectivity index is 2.05. The quantitative estimate of drug-likeness (QED) is 0.810. The first-order chi connectivity index (χ1) is 6.27. The van der Waals surface area contributed by atoms with Crippen LogP contribution in [0.25, 0.3) is 0 Å². The molecule has 0 aliphatic heterocycles. The van der Waals surface area contributed by atoms with Gasteiger partial charge < -0.3 is 9.84 Å². The average molecular weight is 199 g/mol. The van der Waals surface area contributed by atoms with Crippen molar-refractivity contribution in [2.24, 2.45) is 5.92 Å². The molecule has 2 rings (SSSR count). The van der Waals surface area contributed by atoms with E-state index in [0.717, 1.165) is 0 Å². The Kier molecular flexibility index (Phi) is 2.32. The minimum Gasteiger partial charge on any atom is -0.503 e. The van der Waals surface area contributed by atoms with Gasteiger partial charge >= 0.3 is 0 Å². The molecule has 1 N–H and O–H groups in total. The highest BCUT2D eigenvalue weighted by atomic mass is 35.5. The molecule has 0 amide bonds. The van der Waals surface area contributed by atoms with E-state index in [1.165, 1.54) is 12.8 Å². The Hall–Kier alpha value is -0.890. The van der Waals surface area contributed by atoms with E-state index in [4.69, 9.17) is 16.3 Å². The third kappa shape index (κ3) is 2.07. The summed E-state index contributed by atoms with van der Waals surface area (Å²) in [6.07, 6.45) is 2.47. The maximum Gasteiger partial charge on any atom is 0.176 e. The summed E-state index contributed by atoms with van der Waals surface area (Å²) in [6.45, 7) is 0.688. The maximum absolute atomic E-state index is 9.47. The number of hydrogen-bond acceptors (Lipinski definition) is 2. The van der Waals surface area contributed by atoms with Gasteiger partial charge in [-0.05, 0) is 30.9 Å². The van der Waals surface area contributed by atoms with Gasteiger partial charge in [-0.15, -0.1) is 0 Å². The standard InChI is InChI=1S/C10H11ClO2/c11-8-2-1-3-9(10(8)12)13-6-7-4-5-7/h1-3,7,12H,4-6H2. The van der Waals surface area contributed by atoms with Crippen LogP contribution in [-0.4, -0.2) is 11.7 Å². The van der Waals surface area contributed by atoms with Crippen LogP contribution in [0.5, 0.6) is 11.5 Å². The van der Waals surface area contributed by atoms with Crippen LogP contribution in [0.1, 0.15) is 12.8 Å². The second-order valence-corrected chi connectivity index (χ2v) is 3.75. The van der Waals surface area contributed by atoms with Crippen molar-refractivity contribution < 1.29 is 9.84 Å². The third-order valence-corrected chi connectivity index (χ3v) is 2.43. The van der Waals surface area contributed by atoms with Crippen LogP contribution >= 0.6 is 11.6 Å².